The smallest absolute Gasteiger partial charge is 0.239 e. The van der Waals surface area contributed by atoms with E-state index in [1.54, 1.807) is 0 Å². The van der Waals surface area contributed by atoms with E-state index in [4.69, 9.17) is 19.9 Å². The lowest BCUT2D eigenvalue weighted by atomic mass is 10.1. The van der Waals surface area contributed by atoms with Crippen LogP contribution in [0.15, 0.2) is 104 Å². The van der Waals surface area contributed by atoms with Gasteiger partial charge in [-0.15, -0.1) is 0 Å². The van der Waals surface area contributed by atoms with Crippen LogP contribution in [0, 0.1) is 0 Å². The number of anilines is 4. The van der Waals surface area contributed by atoms with E-state index in [1.165, 1.54) is 0 Å². The Morgan fingerprint density at radius 3 is 1.51 bits per heavy atom. The first-order valence-electron chi connectivity index (χ1n) is 15.4. The largest absolute Gasteiger partial charge is 0.354 e. The van der Waals surface area contributed by atoms with Gasteiger partial charge in [-0.2, -0.15) is 9.97 Å². The molecule has 7 heterocycles. The lowest BCUT2D eigenvalue weighted by Gasteiger charge is -2.15. The summed E-state index contributed by atoms with van der Waals surface area (Å²) in [6.45, 7) is 0. The summed E-state index contributed by atoms with van der Waals surface area (Å²) in [7, 11) is 8.11. The van der Waals surface area contributed by atoms with Crippen LogP contribution in [-0.2, 0) is 28.2 Å². The average Bonchev–Trinajstić information content (AvgIpc) is 3.91. The Morgan fingerprint density at radius 1 is 0.532 bits per heavy atom. The summed E-state index contributed by atoms with van der Waals surface area (Å²) in [5.74, 6) is 3.62. The average molecular weight is 618 g/mol. The summed E-state index contributed by atoms with van der Waals surface area (Å²) in [6, 6.07) is 22.4. The molecule has 7 aromatic heterocycles. The van der Waals surface area contributed by atoms with Crippen molar-refractivity contribution in [2.24, 2.45) is 28.2 Å². The molecule has 11 nitrogen and oxygen atoms in total. The van der Waals surface area contributed by atoms with Gasteiger partial charge in [0.25, 0.3) is 0 Å². The van der Waals surface area contributed by atoms with Crippen LogP contribution >= 0.6 is 0 Å². The van der Waals surface area contributed by atoms with Crippen molar-refractivity contribution in [3.05, 3.63) is 104 Å². The van der Waals surface area contributed by atoms with E-state index in [-0.39, 0.29) is 0 Å². The maximum absolute atomic E-state index is 5.24. The first kappa shape index (κ1) is 27.0. The second kappa shape index (κ2) is 10.1. The minimum Gasteiger partial charge on any atom is -0.354 e. The van der Waals surface area contributed by atoms with Crippen LogP contribution in [0.25, 0.3) is 61.7 Å². The number of nitrogens with one attached hydrogen (secondary N) is 2. The molecule has 0 saturated carbocycles. The maximum atomic E-state index is 5.24. The zero-order chi connectivity index (χ0) is 31.8. The van der Waals surface area contributed by atoms with Gasteiger partial charge < -0.3 is 28.9 Å². The minimum atomic E-state index is 0.537. The molecule has 0 aliphatic heterocycles. The zero-order valence-corrected chi connectivity index (χ0v) is 26.3. The molecule has 11 heteroatoms. The van der Waals surface area contributed by atoms with Gasteiger partial charge in [-0.25, -0.2) is 14.4 Å². The molecule has 230 valence electrons. The van der Waals surface area contributed by atoms with Crippen molar-refractivity contribution >= 4 is 50.9 Å². The summed E-state index contributed by atoms with van der Waals surface area (Å²) < 4.78 is 10.2. The van der Waals surface area contributed by atoms with E-state index >= 15 is 0 Å². The molecule has 0 aliphatic carbocycles. The SMILES string of the molecule is Cn1cc(Nc2cccn2C)c(-c2nc3nc(-c4ccccc4)nc4nc(-c5cn(C)cc5Nc5cccn5C)c5ccc2c5n34)c1. The zero-order valence-electron chi connectivity index (χ0n) is 26.3. The predicted octanol–water partition coefficient (Wildman–Crippen LogP) is 7.11. The number of hydrogen-bond acceptors (Lipinski definition) is 6. The topological polar surface area (TPSA) is 99.8 Å². The normalized spacial score (nSPS) is 11.8. The predicted molar refractivity (Wildman–Crippen MR) is 186 cm³/mol. The van der Waals surface area contributed by atoms with Crippen molar-refractivity contribution in [1.82, 2.24) is 42.6 Å². The van der Waals surface area contributed by atoms with Crippen molar-refractivity contribution in [2.45, 2.75) is 0 Å². The quantitative estimate of drug-likeness (QED) is 0.198. The number of aromatic nitrogens is 9. The molecular formula is C36H31N11. The molecule has 9 rings (SSSR count). The van der Waals surface area contributed by atoms with Gasteiger partial charge in [0.05, 0.1) is 28.3 Å². The number of hydrogen-bond donors (Lipinski definition) is 2. The minimum absolute atomic E-state index is 0.537. The Morgan fingerprint density at radius 2 is 1.04 bits per heavy atom. The number of benzene rings is 1. The van der Waals surface area contributed by atoms with Crippen LogP contribution in [0.4, 0.5) is 23.0 Å². The fourth-order valence-corrected chi connectivity index (χ4v) is 6.50. The number of rotatable bonds is 7. The lowest BCUT2D eigenvalue weighted by Crippen LogP contribution is -2.08. The van der Waals surface area contributed by atoms with E-state index in [1.807, 2.05) is 87.4 Å². The Kier molecular flexibility index (Phi) is 5.79. The maximum Gasteiger partial charge on any atom is 0.239 e. The molecule has 2 aromatic carbocycles. The Hall–Kier alpha value is -6.36. The van der Waals surface area contributed by atoms with Gasteiger partial charge in [-0.3, -0.25) is 0 Å². The third kappa shape index (κ3) is 4.27. The standard InChI is InChI=1S/C36H31N11/c1-43-18-25(27(20-43)37-29-12-8-16-45(29)3)31-23-14-15-24-32(26-19-44(2)21-28(26)38-30-13-9-17-46(30)4)40-36-42-34(22-10-6-5-7-11-22)41-35(39-31)47(36)33(23)24/h5-21,37-38H,1-4H3. The first-order valence-corrected chi connectivity index (χ1v) is 15.4. The summed E-state index contributed by atoms with van der Waals surface area (Å²) in [5.41, 5.74) is 7.41. The Labute approximate surface area is 269 Å². The van der Waals surface area contributed by atoms with Crippen LogP contribution in [-0.4, -0.2) is 42.6 Å². The molecular weight excluding hydrogens is 586 g/mol. The van der Waals surface area contributed by atoms with E-state index < -0.39 is 0 Å². The summed E-state index contributed by atoms with van der Waals surface area (Å²) >= 11 is 0. The van der Waals surface area contributed by atoms with Gasteiger partial charge in [0.1, 0.15) is 11.6 Å². The van der Waals surface area contributed by atoms with Crippen LogP contribution in [0.5, 0.6) is 0 Å². The van der Waals surface area contributed by atoms with Gasteiger partial charge in [-0.05, 0) is 36.4 Å². The van der Waals surface area contributed by atoms with E-state index in [2.05, 4.69) is 78.0 Å². The van der Waals surface area contributed by atoms with Crippen molar-refractivity contribution in [1.29, 1.82) is 0 Å². The lowest BCUT2D eigenvalue weighted by molar-refractivity contribution is 0.924. The van der Waals surface area contributed by atoms with Gasteiger partial charge in [-0.1, -0.05) is 30.3 Å². The Balaban J connectivity index is 1.33. The molecule has 0 amide bonds. The third-order valence-corrected chi connectivity index (χ3v) is 8.76. The molecule has 0 spiro atoms. The molecule has 47 heavy (non-hydrogen) atoms. The van der Waals surface area contributed by atoms with Crippen LogP contribution < -0.4 is 10.6 Å². The monoisotopic (exact) mass is 617 g/mol. The second-order valence-electron chi connectivity index (χ2n) is 12.0. The molecule has 0 bridgehead atoms. The number of aryl methyl sites for hydroxylation is 4. The van der Waals surface area contributed by atoms with Gasteiger partial charge in [0.2, 0.25) is 11.6 Å². The highest BCUT2D eigenvalue weighted by molar-refractivity contribution is 6.12. The molecule has 0 radical (unpaired) electrons. The van der Waals surface area contributed by atoms with Gasteiger partial charge in [0.15, 0.2) is 5.82 Å². The van der Waals surface area contributed by atoms with E-state index in [9.17, 15) is 0 Å². The fourth-order valence-electron chi connectivity index (χ4n) is 6.50. The van der Waals surface area contributed by atoms with Crippen LogP contribution in [0.3, 0.4) is 0 Å². The molecule has 0 fully saturated rings. The molecule has 0 aliphatic rings. The van der Waals surface area contributed by atoms with Gasteiger partial charge in [0, 0.05) is 92.8 Å². The molecule has 0 unspecified atom stereocenters. The highest BCUT2D eigenvalue weighted by atomic mass is 15.2. The molecule has 0 atom stereocenters. The highest BCUT2D eigenvalue weighted by Gasteiger charge is 2.25. The number of nitrogens with zero attached hydrogens (tertiary/aromatic N) is 9. The van der Waals surface area contributed by atoms with Crippen molar-refractivity contribution in [3.63, 3.8) is 0 Å². The highest BCUT2D eigenvalue weighted by Crippen LogP contribution is 2.42. The third-order valence-electron chi connectivity index (χ3n) is 8.76. The Bertz CT molecular complexity index is 2420. The van der Waals surface area contributed by atoms with Crippen molar-refractivity contribution in [3.8, 4) is 33.9 Å². The van der Waals surface area contributed by atoms with Crippen LogP contribution in [0.1, 0.15) is 0 Å². The molecule has 0 saturated heterocycles. The van der Waals surface area contributed by atoms with Crippen molar-refractivity contribution < 1.29 is 0 Å². The van der Waals surface area contributed by atoms with Crippen LogP contribution in [0.2, 0.25) is 0 Å². The van der Waals surface area contributed by atoms with E-state index in [0.717, 1.165) is 67.4 Å². The van der Waals surface area contributed by atoms with Crippen molar-refractivity contribution in [2.75, 3.05) is 10.6 Å². The molecule has 9 aromatic rings. The fraction of sp³-hybridized carbons (Fsp3) is 0.111. The first-order chi connectivity index (χ1) is 22.9. The van der Waals surface area contributed by atoms with Gasteiger partial charge >= 0.3 is 0 Å². The van der Waals surface area contributed by atoms with E-state index in [0.29, 0.717) is 17.4 Å². The molecule has 2 N–H and O–H groups in total. The summed E-state index contributed by atoms with van der Waals surface area (Å²) in [4.78, 5) is 20.5. The summed E-state index contributed by atoms with van der Waals surface area (Å²) in [5, 5.41) is 9.23. The second-order valence-corrected chi connectivity index (χ2v) is 12.0. The summed E-state index contributed by atoms with van der Waals surface area (Å²) in [6.07, 6.45) is 12.4.